The maximum absolute atomic E-state index is 8.60. The van der Waals surface area contributed by atoms with Crippen molar-refractivity contribution < 1.29 is 45.7 Å². The molecule has 2 heterocycles. The van der Waals surface area contributed by atoms with Gasteiger partial charge in [0, 0.05) is 56.0 Å². The van der Waals surface area contributed by atoms with Crippen molar-refractivity contribution in [2.45, 2.75) is 19.3 Å². The zero-order valence-corrected chi connectivity index (χ0v) is 15.8. The molecule has 2 saturated heterocycles. The Hall–Kier alpha value is 0.476. The van der Waals surface area contributed by atoms with E-state index in [2.05, 4.69) is 26.9 Å². The Morgan fingerprint density at radius 3 is 1.58 bits per heavy atom. The summed E-state index contributed by atoms with van der Waals surface area (Å²) in [6.45, 7) is 11.9. The van der Waals surface area contributed by atoms with Gasteiger partial charge in [0.15, 0.2) is 0 Å². The number of nitrogens with one attached hydrogen (secondary N) is 2. The second kappa shape index (κ2) is 14.6. The third-order valence-corrected chi connectivity index (χ3v) is 3.95. The first-order valence-electron chi connectivity index (χ1n) is 8.26. The van der Waals surface area contributed by atoms with Crippen LogP contribution < -0.4 is 24.6 Å². The largest absolute Gasteiger partial charge is 0.326 e. The molecule has 0 aromatic rings. The monoisotopic (exact) mass is 412 g/mol. The van der Waals surface area contributed by atoms with Crippen molar-refractivity contribution >= 4 is 0 Å². The smallest absolute Gasteiger partial charge is 0.0777 e. The van der Waals surface area contributed by atoms with Crippen molar-refractivity contribution in [3.63, 3.8) is 0 Å². The molecule has 2 atom stereocenters. The fraction of sp³-hybridized carbons (Fsp3) is 0.929. The van der Waals surface area contributed by atoms with Crippen LogP contribution in [0.15, 0.2) is 0 Å². The van der Waals surface area contributed by atoms with Crippen LogP contribution in [0, 0.1) is 16.7 Å². The zero-order valence-electron chi connectivity index (χ0n) is 14.0. The summed E-state index contributed by atoms with van der Waals surface area (Å²) in [4.78, 5) is 5.24. The van der Waals surface area contributed by atoms with Gasteiger partial charge in [-0.2, -0.15) is 26.8 Å². The van der Waals surface area contributed by atoms with Crippen molar-refractivity contribution in [2.24, 2.45) is 0 Å². The fourth-order valence-electron chi connectivity index (χ4n) is 2.71. The van der Waals surface area contributed by atoms with Gasteiger partial charge < -0.3 is 26.9 Å². The Labute approximate surface area is 157 Å². The van der Waals surface area contributed by atoms with Gasteiger partial charge in [0.25, 0.3) is 0 Å². The quantitative estimate of drug-likeness (QED) is 0.345. The molecule has 0 aromatic carbocycles. The van der Waals surface area contributed by atoms with E-state index in [4.69, 9.17) is 18.6 Å². The average molecular weight is 413 g/mol. The molecule has 0 saturated carbocycles. The molecule has 2 aliphatic rings. The van der Waals surface area contributed by atoms with Crippen molar-refractivity contribution in [3.05, 3.63) is 6.42 Å². The van der Waals surface area contributed by atoms with Crippen LogP contribution in [-0.2, 0) is 16.8 Å². The van der Waals surface area contributed by atoms with Crippen LogP contribution in [0.2, 0.25) is 0 Å². The van der Waals surface area contributed by atoms with Gasteiger partial charge in [-0.15, -0.1) is 0 Å². The molecule has 1 radical (unpaired) electrons. The summed E-state index contributed by atoms with van der Waals surface area (Å²) in [5.74, 6) is 0. The summed E-state index contributed by atoms with van der Waals surface area (Å²) in [7, 11) is -4.69. The van der Waals surface area contributed by atoms with Crippen molar-refractivity contribution in [1.29, 1.82) is 0 Å². The number of fused-ring (bicyclic) bond motifs is 3. The van der Waals surface area contributed by atoms with E-state index < -0.39 is 10.2 Å². The molecular weight excluding hydrogens is 383 g/mol. The van der Waals surface area contributed by atoms with Crippen LogP contribution in [0.4, 0.5) is 0 Å². The van der Waals surface area contributed by atoms with Crippen LogP contribution >= 0.6 is 0 Å². The van der Waals surface area contributed by atoms with Gasteiger partial charge >= 0.3 is 0 Å². The Morgan fingerprint density at radius 1 is 0.750 bits per heavy atom. The van der Waals surface area contributed by atoms with Crippen LogP contribution in [0.3, 0.4) is 0 Å². The molecule has 0 amide bonds. The van der Waals surface area contributed by atoms with Gasteiger partial charge in [-0.1, -0.05) is 0 Å². The van der Waals surface area contributed by atoms with Gasteiger partial charge in [0.1, 0.15) is 0 Å². The zero-order chi connectivity index (χ0) is 17.0. The van der Waals surface area contributed by atoms with Gasteiger partial charge in [0.2, 0.25) is 0 Å². The third-order valence-electron chi connectivity index (χ3n) is 3.95. The van der Waals surface area contributed by atoms with Crippen LogP contribution in [0.5, 0.6) is 0 Å². The molecule has 3 N–H and O–H groups in total. The van der Waals surface area contributed by atoms with Crippen molar-refractivity contribution in [1.82, 2.24) is 20.4 Å². The predicted molar refractivity (Wildman–Crippen MR) is 79.0 cm³/mol. The van der Waals surface area contributed by atoms with Crippen LogP contribution in [0.1, 0.15) is 19.3 Å². The van der Waals surface area contributed by atoms with Crippen molar-refractivity contribution in [2.75, 3.05) is 65.4 Å². The number of hydrogen-bond donors (Lipinski definition) is 3. The minimum atomic E-state index is -4.69. The molecule has 24 heavy (non-hydrogen) atoms. The Bertz CT molecular complexity index is 274. The summed E-state index contributed by atoms with van der Waals surface area (Å²) in [5, 5.41) is 7.10. The molecular formula is C14H30ClCoN4O4-. The molecule has 0 spiro atoms. The number of rotatable bonds is 0. The molecule has 0 aromatic heterocycles. The fourth-order valence-corrected chi connectivity index (χ4v) is 2.71. The molecule has 0 aliphatic carbocycles. The van der Waals surface area contributed by atoms with E-state index >= 15 is 0 Å². The molecule has 2 bridgehead atoms. The first kappa shape index (κ1) is 24.5. The van der Waals surface area contributed by atoms with E-state index in [1.807, 2.05) is 0 Å². The summed E-state index contributed by atoms with van der Waals surface area (Å²) >= 11 is 0. The first-order chi connectivity index (χ1) is 10.9. The normalized spacial score (nSPS) is 27.5. The van der Waals surface area contributed by atoms with E-state index in [0.29, 0.717) is 0 Å². The minimum absolute atomic E-state index is 0. The standard InChI is InChI=1S/C14H29N4.ClHO4.Co/c1-2-9-17-11-7-15-5-4-6-16-8-12-18(10-3-1)14-13-17;2-1(3,4)5;/h1,15-16H,2-14H2;(H,2,3,4,5);/q-1;;. The maximum Gasteiger partial charge on any atom is 0.0777 e. The van der Waals surface area contributed by atoms with Crippen LogP contribution in [-0.4, -0.2) is 79.9 Å². The maximum atomic E-state index is 8.60. The summed E-state index contributed by atoms with van der Waals surface area (Å²) < 4.78 is 32.7. The summed E-state index contributed by atoms with van der Waals surface area (Å²) in [6, 6.07) is 0. The van der Waals surface area contributed by atoms with E-state index in [0.717, 1.165) is 26.2 Å². The molecule has 2 unspecified atom stereocenters. The Morgan fingerprint density at radius 2 is 1.17 bits per heavy atom. The second-order valence-electron chi connectivity index (χ2n) is 5.80. The number of hydrogen-bond acceptors (Lipinski definition) is 8. The molecule has 8 nitrogen and oxygen atoms in total. The summed E-state index contributed by atoms with van der Waals surface area (Å²) in [6.07, 6.45) is 6.23. The van der Waals surface area contributed by atoms with E-state index in [-0.39, 0.29) is 16.8 Å². The van der Waals surface area contributed by atoms with Gasteiger partial charge in [-0.25, -0.2) is 0 Å². The number of nitrogens with zero attached hydrogens (tertiary/aromatic N) is 2. The molecule has 10 heteroatoms. The topological polar surface area (TPSA) is 120 Å². The van der Waals surface area contributed by atoms with E-state index in [1.54, 1.807) is 0 Å². The van der Waals surface area contributed by atoms with E-state index in [9.17, 15) is 0 Å². The van der Waals surface area contributed by atoms with E-state index in [1.165, 1.54) is 58.5 Å². The van der Waals surface area contributed by atoms with Crippen LogP contribution in [0.25, 0.3) is 0 Å². The SMILES string of the molecule is [CH-]1CCN2CCNCCCNCCN(CC1)CC2.[Co].[O-][Cl+3]([O-])([O-])O. The first-order valence-corrected chi connectivity index (χ1v) is 9.52. The minimum Gasteiger partial charge on any atom is -0.326 e. The second-order valence-corrected chi connectivity index (χ2v) is 6.59. The summed E-state index contributed by atoms with van der Waals surface area (Å²) in [5.41, 5.74) is 0. The predicted octanol–water partition coefficient (Wildman–Crippen LogP) is -3.96. The molecule has 2 fully saturated rings. The van der Waals surface area contributed by atoms with Crippen molar-refractivity contribution in [3.8, 4) is 0 Å². The third kappa shape index (κ3) is 16.0. The van der Waals surface area contributed by atoms with Gasteiger partial charge in [0.05, 0.1) is 14.9 Å². The van der Waals surface area contributed by atoms with Gasteiger partial charge in [-0.3, -0.25) is 0 Å². The molecule has 2 rings (SSSR count). The van der Waals surface area contributed by atoms with Gasteiger partial charge in [-0.05, 0) is 32.6 Å². The molecule has 147 valence electrons. The Kier molecular flexibility index (Phi) is 14.9. The Balaban J connectivity index is 0.000000777. The average Bonchev–Trinajstić information content (AvgIpc) is 2.56. The number of halogens is 1. The molecule has 2 aliphatic heterocycles.